The van der Waals surface area contributed by atoms with Crippen LogP contribution in [0.25, 0.3) is 21.5 Å². The van der Waals surface area contributed by atoms with Gasteiger partial charge in [0, 0.05) is 48.0 Å². The molecule has 4 heterocycles. The van der Waals surface area contributed by atoms with Crippen molar-refractivity contribution in [2.24, 2.45) is 0 Å². The van der Waals surface area contributed by atoms with Gasteiger partial charge in [-0.1, -0.05) is 23.5 Å². The first-order valence-corrected chi connectivity index (χ1v) is 10.9. The highest BCUT2D eigenvalue weighted by Crippen LogP contribution is 2.25. The van der Waals surface area contributed by atoms with Gasteiger partial charge in [0.25, 0.3) is 0 Å². The monoisotopic (exact) mass is 431 g/mol. The lowest BCUT2D eigenvalue weighted by Gasteiger charge is -2.43. The minimum absolute atomic E-state index is 0.0204. The van der Waals surface area contributed by atoms with Crippen LogP contribution in [0.1, 0.15) is 16.2 Å². The molecule has 1 aliphatic rings. The molecular formula is C22H21N7OS. The smallest absolute Gasteiger partial charge is 0.170 e. The Morgan fingerprint density at radius 3 is 2.84 bits per heavy atom. The lowest BCUT2D eigenvalue weighted by Crippen LogP contribution is -2.57. The molecule has 156 valence electrons. The third-order valence-electron chi connectivity index (χ3n) is 5.54. The molecule has 4 aromatic rings. The highest BCUT2D eigenvalue weighted by Gasteiger charge is 2.29. The largest absolute Gasteiger partial charge is 0.353 e. The zero-order valence-electron chi connectivity index (χ0n) is 17.3. The maximum absolute atomic E-state index is 12.9. The summed E-state index contributed by atoms with van der Waals surface area (Å²) in [4.78, 5) is 30.7. The van der Waals surface area contributed by atoms with Crippen LogP contribution in [0.3, 0.4) is 0 Å². The number of hydrogen-bond acceptors (Lipinski definition) is 9. The summed E-state index contributed by atoms with van der Waals surface area (Å²) in [6.07, 6.45) is 3.60. The molecule has 9 heteroatoms. The third-order valence-corrected chi connectivity index (χ3v) is 6.28. The highest BCUT2D eigenvalue weighted by atomic mass is 32.1. The third kappa shape index (κ3) is 4.01. The number of hydrogen-bond donors (Lipinski definition) is 0. The Labute approximate surface area is 183 Å². The normalized spacial score (nSPS) is 14.2. The Hall–Kier alpha value is -3.30. The van der Waals surface area contributed by atoms with Crippen LogP contribution in [0.5, 0.6) is 0 Å². The van der Waals surface area contributed by atoms with Crippen molar-refractivity contribution < 1.29 is 4.79 Å². The first-order valence-electron chi connectivity index (χ1n) is 9.99. The van der Waals surface area contributed by atoms with Gasteiger partial charge in [-0.25, -0.2) is 15.0 Å². The van der Waals surface area contributed by atoms with Crippen molar-refractivity contribution in [1.29, 1.82) is 0 Å². The van der Waals surface area contributed by atoms with Gasteiger partial charge in [0.05, 0.1) is 11.9 Å². The first kappa shape index (κ1) is 19.7. The lowest BCUT2D eigenvalue weighted by atomic mass is 10.1. The van der Waals surface area contributed by atoms with Crippen LogP contribution in [0.15, 0.2) is 48.2 Å². The Kier molecular flexibility index (Phi) is 5.13. The van der Waals surface area contributed by atoms with Crippen molar-refractivity contribution >= 4 is 33.8 Å². The number of aromatic nitrogens is 5. The number of anilines is 1. The molecule has 3 aromatic heterocycles. The molecule has 1 fully saturated rings. The summed E-state index contributed by atoms with van der Waals surface area (Å²) in [7, 11) is 4.16. The van der Waals surface area contributed by atoms with Gasteiger partial charge >= 0.3 is 0 Å². The minimum Gasteiger partial charge on any atom is -0.353 e. The average Bonchev–Trinajstić information content (AvgIpc) is 3.27. The SMILES string of the molecule is CN(C)C1CN(c2cc(C(=O)Cc3ncc4ccc(-c5nncs5)cc4n3)ccn2)C1. The van der Waals surface area contributed by atoms with Crippen LogP contribution in [0, 0.1) is 0 Å². The molecule has 0 N–H and O–H groups in total. The molecule has 1 aliphatic heterocycles. The maximum Gasteiger partial charge on any atom is 0.170 e. The van der Waals surface area contributed by atoms with Crippen LogP contribution in [0.2, 0.25) is 0 Å². The van der Waals surface area contributed by atoms with Crippen molar-refractivity contribution in [3.8, 4) is 10.6 Å². The van der Waals surface area contributed by atoms with Gasteiger partial charge in [-0.2, -0.15) is 0 Å². The van der Waals surface area contributed by atoms with E-state index >= 15 is 0 Å². The molecule has 0 atom stereocenters. The average molecular weight is 432 g/mol. The molecular weight excluding hydrogens is 410 g/mol. The fraction of sp³-hybridized carbons (Fsp3) is 0.273. The summed E-state index contributed by atoms with van der Waals surface area (Å²) in [6, 6.07) is 10.0. The maximum atomic E-state index is 12.9. The van der Waals surface area contributed by atoms with Crippen molar-refractivity contribution in [3.63, 3.8) is 0 Å². The van der Waals surface area contributed by atoms with E-state index in [0.717, 1.165) is 40.4 Å². The number of benzene rings is 1. The van der Waals surface area contributed by atoms with Crippen molar-refractivity contribution in [2.45, 2.75) is 12.5 Å². The number of pyridine rings is 1. The Bertz CT molecular complexity index is 1240. The summed E-state index contributed by atoms with van der Waals surface area (Å²) in [5, 5.41) is 9.76. The predicted octanol–water partition coefficient (Wildman–Crippen LogP) is 2.72. The van der Waals surface area contributed by atoms with Crippen LogP contribution in [-0.4, -0.2) is 69.1 Å². The molecule has 0 spiro atoms. The Morgan fingerprint density at radius 1 is 1.19 bits per heavy atom. The topological polar surface area (TPSA) is 88.0 Å². The highest BCUT2D eigenvalue weighted by molar-refractivity contribution is 7.12. The second kappa shape index (κ2) is 8.09. The molecule has 0 saturated carbocycles. The van der Waals surface area contributed by atoms with E-state index in [9.17, 15) is 4.79 Å². The number of carbonyl (C=O) groups excluding carboxylic acids is 1. The molecule has 0 radical (unpaired) electrons. The van der Waals surface area contributed by atoms with Crippen LogP contribution >= 0.6 is 11.3 Å². The van der Waals surface area contributed by atoms with Gasteiger partial charge in [-0.15, -0.1) is 10.2 Å². The second-order valence-corrected chi connectivity index (χ2v) is 8.66. The Morgan fingerprint density at radius 2 is 2.06 bits per heavy atom. The molecule has 0 aliphatic carbocycles. The quantitative estimate of drug-likeness (QED) is 0.431. The van der Waals surface area contributed by atoms with Gasteiger partial charge in [-0.3, -0.25) is 4.79 Å². The summed E-state index contributed by atoms with van der Waals surface area (Å²) in [6.45, 7) is 1.84. The van der Waals surface area contributed by atoms with E-state index in [1.165, 1.54) is 11.3 Å². The Balaban J connectivity index is 1.34. The predicted molar refractivity (Wildman–Crippen MR) is 120 cm³/mol. The second-order valence-electron chi connectivity index (χ2n) is 7.83. The molecule has 31 heavy (non-hydrogen) atoms. The van der Waals surface area contributed by atoms with Gasteiger partial charge in [0.2, 0.25) is 0 Å². The summed E-state index contributed by atoms with van der Waals surface area (Å²) < 4.78 is 0. The van der Waals surface area contributed by atoms with E-state index in [1.807, 2.05) is 24.3 Å². The molecule has 8 nitrogen and oxygen atoms in total. The zero-order valence-corrected chi connectivity index (χ0v) is 18.1. The number of likely N-dealkylation sites (N-methyl/N-ethyl adjacent to an activating group) is 1. The van der Waals surface area contributed by atoms with E-state index in [0.29, 0.717) is 17.4 Å². The molecule has 5 rings (SSSR count). The van der Waals surface area contributed by atoms with E-state index in [1.54, 1.807) is 24.0 Å². The fourth-order valence-electron chi connectivity index (χ4n) is 3.56. The summed E-state index contributed by atoms with van der Waals surface area (Å²) in [5.74, 6) is 1.32. The molecule has 0 unspecified atom stereocenters. The van der Waals surface area contributed by atoms with E-state index in [-0.39, 0.29) is 12.2 Å². The number of nitrogens with zero attached hydrogens (tertiary/aromatic N) is 7. The number of fused-ring (bicyclic) bond motifs is 1. The van der Waals surface area contributed by atoms with Crippen LogP contribution in [0.4, 0.5) is 5.82 Å². The van der Waals surface area contributed by atoms with Gasteiger partial charge in [0.15, 0.2) is 5.78 Å². The number of rotatable bonds is 6. The van der Waals surface area contributed by atoms with E-state index in [4.69, 9.17) is 0 Å². The van der Waals surface area contributed by atoms with Crippen molar-refractivity contribution in [3.05, 3.63) is 59.6 Å². The summed E-state index contributed by atoms with van der Waals surface area (Å²) in [5.41, 5.74) is 4.07. The van der Waals surface area contributed by atoms with Gasteiger partial charge in [-0.05, 0) is 32.3 Å². The van der Waals surface area contributed by atoms with Gasteiger partial charge < -0.3 is 9.80 Å². The lowest BCUT2D eigenvalue weighted by molar-refractivity contribution is 0.0990. The fourth-order valence-corrected chi connectivity index (χ4v) is 4.11. The summed E-state index contributed by atoms with van der Waals surface area (Å²) >= 11 is 1.48. The van der Waals surface area contributed by atoms with Crippen LogP contribution in [-0.2, 0) is 6.42 Å². The van der Waals surface area contributed by atoms with E-state index in [2.05, 4.69) is 49.0 Å². The number of Topliss-reactive ketones (excluding diaryl/α,β-unsaturated/α-hetero) is 1. The molecule has 0 amide bonds. The van der Waals surface area contributed by atoms with Gasteiger partial charge in [0.1, 0.15) is 22.2 Å². The number of carbonyl (C=O) groups is 1. The molecule has 0 bridgehead atoms. The van der Waals surface area contributed by atoms with Crippen LogP contribution < -0.4 is 4.90 Å². The van der Waals surface area contributed by atoms with E-state index < -0.39 is 0 Å². The molecule has 1 saturated heterocycles. The standard InChI is InChI=1S/C22H21N7OS/c1-28(2)17-11-29(12-17)21-8-14(5-6-23-21)19(30)9-20-24-10-16-4-3-15(7-18(16)26-20)22-27-25-13-31-22/h3-8,10,13,17H,9,11-12H2,1-2H3. The van der Waals surface area contributed by atoms with Crippen molar-refractivity contribution in [1.82, 2.24) is 30.0 Å². The first-order chi connectivity index (χ1) is 15.1. The number of ketones is 1. The minimum atomic E-state index is -0.0204. The van der Waals surface area contributed by atoms with Crippen molar-refractivity contribution in [2.75, 3.05) is 32.1 Å². The molecule has 1 aromatic carbocycles. The zero-order chi connectivity index (χ0) is 21.4.